The van der Waals surface area contributed by atoms with Gasteiger partial charge in [-0.25, -0.2) is 4.39 Å². The Morgan fingerprint density at radius 3 is 2.48 bits per heavy atom. The number of nitrogen functional groups attached to an aromatic ring is 1. The Hall–Kier alpha value is -1.42. The van der Waals surface area contributed by atoms with Crippen molar-refractivity contribution in [2.45, 2.75) is 40.2 Å². The number of nitrogens with one attached hydrogen (secondary N) is 1. The van der Waals surface area contributed by atoms with E-state index in [4.69, 9.17) is 11.1 Å². The first-order valence-corrected chi connectivity index (χ1v) is 7.63. The third kappa shape index (κ3) is 3.82. The molecular weight excluding hydrogens is 265 g/mol. The van der Waals surface area contributed by atoms with E-state index >= 15 is 0 Å². The van der Waals surface area contributed by atoms with E-state index in [1.165, 1.54) is 0 Å². The van der Waals surface area contributed by atoms with E-state index in [9.17, 15) is 4.39 Å². The lowest BCUT2D eigenvalue weighted by Gasteiger charge is -2.38. The molecule has 3 N–H and O–H groups in total. The summed E-state index contributed by atoms with van der Waals surface area (Å²) < 4.78 is 14.3. The third-order valence-electron chi connectivity index (χ3n) is 4.58. The van der Waals surface area contributed by atoms with Crippen LogP contribution in [-0.4, -0.2) is 23.8 Å². The van der Waals surface area contributed by atoms with Crippen LogP contribution in [-0.2, 0) is 6.54 Å². The summed E-state index contributed by atoms with van der Waals surface area (Å²) >= 11 is 0. The predicted octanol–water partition coefficient (Wildman–Crippen LogP) is 3.37. The Morgan fingerprint density at radius 2 is 1.95 bits per heavy atom. The number of hydrogen-bond donors (Lipinski definition) is 2. The van der Waals surface area contributed by atoms with Gasteiger partial charge in [-0.1, -0.05) is 32.9 Å². The zero-order valence-electron chi connectivity index (χ0n) is 13.2. The fourth-order valence-electron chi connectivity index (χ4n) is 3.11. The molecule has 0 bridgehead atoms. The van der Waals surface area contributed by atoms with Gasteiger partial charge < -0.3 is 5.73 Å². The van der Waals surface area contributed by atoms with Gasteiger partial charge in [0.1, 0.15) is 11.7 Å². The van der Waals surface area contributed by atoms with Crippen molar-refractivity contribution in [2.75, 3.05) is 13.1 Å². The maximum atomic E-state index is 14.3. The van der Waals surface area contributed by atoms with Gasteiger partial charge in [0.05, 0.1) is 5.56 Å². The van der Waals surface area contributed by atoms with Gasteiger partial charge >= 0.3 is 0 Å². The largest absolute Gasteiger partial charge is 0.384 e. The van der Waals surface area contributed by atoms with Crippen molar-refractivity contribution in [1.82, 2.24) is 4.90 Å². The number of piperidine rings is 1. The molecule has 1 heterocycles. The first-order chi connectivity index (χ1) is 9.79. The molecule has 0 unspecified atom stereocenters. The number of nitrogens with two attached hydrogens (primary N) is 1. The van der Waals surface area contributed by atoms with E-state index < -0.39 is 0 Å². The number of rotatable bonds is 3. The van der Waals surface area contributed by atoms with Crippen LogP contribution < -0.4 is 5.73 Å². The number of amidine groups is 1. The monoisotopic (exact) mass is 291 g/mol. The average molecular weight is 291 g/mol. The Morgan fingerprint density at radius 1 is 1.33 bits per heavy atom. The second kappa shape index (κ2) is 6.14. The number of likely N-dealkylation sites (tertiary alicyclic amines) is 1. The summed E-state index contributed by atoms with van der Waals surface area (Å²) in [6.45, 7) is 9.50. The highest BCUT2D eigenvalue weighted by Crippen LogP contribution is 2.34. The summed E-state index contributed by atoms with van der Waals surface area (Å²) in [6.07, 6.45) is 2.33. The van der Waals surface area contributed by atoms with Crippen molar-refractivity contribution >= 4 is 5.84 Å². The molecule has 0 saturated carbocycles. The molecule has 0 radical (unpaired) electrons. The minimum atomic E-state index is -0.344. The highest BCUT2D eigenvalue weighted by Gasteiger charge is 2.29. The lowest BCUT2D eigenvalue weighted by molar-refractivity contribution is 0.107. The van der Waals surface area contributed by atoms with Crippen LogP contribution in [0.4, 0.5) is 4.39 Å². The van der Waals surface area contributed by atoms with Crippen LogP contribution >= 0.6 is 0 Å². The number of benzene rings is 1. The Kier molecular flexibility index (Phi) is 4.67. The number of halogens is 1. The molecule has 1 saturated heterocycles. The van der Waals surface area contributed by atoms with Crippen LogP contribution in [0.2, 0.25) is 0 Å². The third-order valence-corrected chi connectivity index (χ3v) is 4.58. The molecule has 1 aromatic rings. The van der Waals surface area contributed by atoms with Crippen molar-refractivity contribution < 1.29 is 4.39 Å². The highest BCUT2D eigenvalue weighted by atomic mass is 19.1. The van der Waals surface area contributed by atoms with Crippen LogP contribution in [0.5, 0.6) is 0 Å². The molecule has 1 aromatic carbocycles. The van der Waals surface area contributed by atoms with E-state index in [0.29, 0.717) is 17.5 Å². The standard InChI is InChI=1S/C17H26FN3/c1-17(2,3)13-7-9-21(10-8-13)11-12-5-4-6-14(15(12)18)16(19)20/h4-6,13H,7-11H2,1-3H3,(H3,19,20). The van der Waals surface area contributed by atoms with Crippen molar-refractivity contribution in [3.05, 3.63) is 35.1 Å². The summed E-state index contributed by atoms with van der Waals surface area (Å²) in [5.41, 5.74) is 6.61. The van der Waals surface area contributed by atoms with Crippen LogP contribution in [0, 0.1) is 22.6 Å². The van der Waals surface area contributed by atoms with Gasteiger partial charge in [0.15, 0.2) is 0 Å². The molecule has 0 spiro atoms. The van der Waals surface area contributed by atoms with Gasteiger partial charge in [0, 0.05) is 12.1 Å². The molecule has 1 aliphatic rings. The Labute approximate surface area is 126 Å². The summed E-state index contributed by atoms with van der Waals surface area (Å²) in [4.78, 5) is 2.30. The molecule has 0 atom stereocenters. The molecular formula is C17H26FN3. The normalized spacial score (nSPS) is 17.9. The summed E-state index contributed by atoms with van der Waals surface area (Å²) in [7, 11) is 0. The molecule has 3 nitrogen and oxygen atoms in total. The molecule has 2 rings (SSSR count). The molecule has 116 valence electrons. The highest BCUT2D eigenvalue weighted by molar-refractivity contribution is 5.95. The summed E-state index contributed by atoms with van der Waals surface area (Å²) in [5.74, 6) is 0.186. The van der Waals surface area contributed by atoms with Gasteiger partial charge in [0.2, 0.25) is 0 Å². The maximum absolute atomic E-state index is 14.3. The SMILES string of the molecule is CC(C)(C)C1CCN(Cc2cccc(C(=N)N)c2F)CC1. The van der Waals surface area contributed by atoms with E-state index in [1.807, 2.05) is 0 Å². The molecule has 1 fully saturated rings. The van der Waals surface area contributed by atoms with Crippen LogP contribution in [0.1, 0.15) is 44.7 Å². The molecule has 4 heteroatoms. The van der Waals surface area contributed by atoms with Gasteiger partial charge in [-0.3, -0.25) is 10.3 Å². The van der Waals surface area contributed by atoms with Gasteiger partial charge in [-0.2, -0.15) is 0 Å². The second-order valence-electron chi connectivity index (χ2n) is 7.11. The lowest BCUT2D eigenvalue weighted by Crippen LogP contribution is -2.37. The van der Waals surface area contributed by atoms with Crippen molar-refractivity contribution in [2.24, 2.45) is 17.1 Å². The van der Waals surface area contributed by atoms with E-state index in [-0.39, 0.29) is 17.2 Å². The second-order valence-corrected chi connectivity index (χ2v) is 7.11. The van der Waals surface area contributed by atoms with E-state index in [2.05, 4.69) is 25.7 Å². The van der Waals surface area contributed by atoms with Crippen LogP contribution in [0.3, 0.4) is 0 Å². The smallest absolute Gasteiger partial charge is 0.138 e. The van der Waals surface area contributed by atoms with Gasteiger partial charge in [-0.05, 0) is 43.3 Å². The fourth-order valence-corrected chi connectivity index (χ4v) is 3.11. The molecule has 0 aromatic heterocycles. The van der Waals surface area contributed by atoms with Crippen molar-refractivity contribution in [1.29, 1.82) is 5.41 Å². The van der Waals surface area contributed by atoms with Gasteiger partial charge in [-0.15, -0.1) is 0 Å². The zero-order valence-corrected chi connectivity index (χ0v) is 13.2. The molecule has 0 amide bonds. The van der Waals surface area contributed by atoms with Crippen molar-refractivity contribution in [3.8, 4) is 0 Å². The lowest BCUT2D eigenvalue weighted by atomic mass is 9.75. The fraction of sp³-hybridized carbons (Fsp3) is 0.588. The Balaban J connectivity index is 2.01. The van der Waals surface area contributed by atoms with Crippen LogP contribution in [0.25, 0.3) is 0 Å². The van der Waals surface area contributed by atoms with Gasteiger partial charge in [0.25, 0.3) is 0 Å². The van der Waals surface area contributed by atoms with Crippen molar-refractivity contribution in [3.63, 3.8) is 0 Å². The van der Waals surface area contributed by atoms with E-state index in [0.717, 1.165) is 31.8 Å². The quantitative estimate of drug-likeness (QED) is 0.662. The Bertz CT molecular complexity index is 511. The first kappa shape index (κ1) is 16.0. The summed E-state index contributed by atoms with van der Waals surface area (Å²) in [6, 6.07) is 5.13. The summed E-state index contributed by atoms with van der Waals surface area (Å²) in [5, 5.41) is 7.41. The zero-order chi connectivity index (χ0) is 15.6. The van der Waals surface area contributed by atoms with E-state index in [1.54, 1.807) is 18.2 Å². The minimum Gasteiger partial charge on any atom is -0.384 e. The molecule has 21 heavy (non-hydrogen) atoms. The molecule has 1 aliphatic heterocycles. The maximum Gasteiger partial charge on any atom is 0.138 e. The number of hydrogen-bond acceptors (Lipinski definition) is 2. The average Bonchev–Trinajstić information content (AvgIpc) is 2.40. The minimum absolute atomic E-state index is 0.206. The number of nitrogens with zero attached hydrogens (tertiary/aromatic N) is 1. The topological polar surface area (TPSA) is 53.1 Å². The van der Waals surface area contributed by atoms with Crippen LogP contribution in [0.15, 0.2) is 18.2 Å². The molecule has 0 aliphatic carbocycles. The first-order valence-electron chi connectivity index (χ1n) is 7.63. The predicted molar refractivity (Wildman–Crippen MR) is 84.9 cm³/mol.